The summed E-state index contributed by atoms with van der Waals surface area (Å²) in [7, 11) is 0. The first-order chi connectivity index (χ1) is 6.54. The number of rotatable bonds is 3. The smallest absolute Gasteiger partial charge is 0.298 e. The Morgan fingerprint density at radius 2 is 2.21 bits per heavy atom. The molecule has 0 saturated heterocycles. The summed E-state index contributed by atoms with van der Waals surface area (Å²) in [5.74, 6) is -1.29. The van der Waals surface area contributed by atoms with Crippen LogP contribution in [0.5, 0.6) is 0 Å². The third kappa shape index (κ3) is 2.15. The number of aromatic nitrogens is 2. The molecule has 0 unspecified atom stereocenters. The molecule has 0 aliphatic rings. The molecule has 6 heteroatoms. The van der Waals surface area contributed by atoms with E-state index in [1.165, 1.54) is 0 Å². The van der Waals surface area contributed by atoms with Gasteiger partial charge in [0.25, 0.3) is 5.56 Å². The van der Waals surface area contributed by atoms with Crippen LogP contribution in [0.3, 0.4) is 0 Å². The van der Waals surface area contributed by atoms with E-state index in [0.717, 1.165) is 10.8 Å². The zero-order chi connectivity index (χ0) is 10.7. The van der Waals surface area contributed by atoms with Crippen molar-refractivity contribution in [1.29, 1.82) is 0 Å². The van der Waals surface area contributed by atoms with Gasteiger partial charge in [0, 0.05) is 6.42 Å². The predicted octanol–water partition coefficient (Wildman–Crippen LogP) is -0.345. The predicted molar refractivity (Wildman–Crippen MR) is 46.6 cm³/mol. The number of nitrogens with one attached hydrogen (secondary N) is 1. The second-order valence-corrected chi connectivity index (χ2v) is 2.76. The number of nitrogens with zero attached hydrogens (tertiary/aromatic N) is 1. The van der Waals surface area contributed by atoms with Crippen molar-refractivity contribution in [3.05, 3.63) is 32.9 Å². The molecule has 14 heavy (non-hydrogen) atoms. The third-order valence-electron chi connectivity index (χ3n) is 1.71. The Bertz CT molecular complexity index is 460. The first-order valence-electron chi connectivity index (χ1n) is 4.05. The molecule has 1 aromatic heterocycles. The van der Waals surface area contributed by atoms with Crippen LogP contribution in [0.2, 0.25) is 0 Å². The highest BCUT2D eigenvalue weighted by Gasteiger charge is 2.06. The molecule has 5 nitrogen and oxygen atoms in total. The molecule has 0 aliphatic heterocycles. The lowest BCUT2D eigenvalue weighted by Crippen LogP contribution is -2.33. The zero-order valence-electron chi connectivity index (χ0n) is 7.54. The van der Waals surface area contributed by atoms with Gasteiger partial charge in [0.05, 0.1) is 12.7 Å². The van der Waals surface area contributed by atoms with E-state index < -0.39 is 17.1 Å². The minimum Gasteiger partial charge on any atom is -0.298 e. The van der Waals surface area contributed by atoms with E-state index in [1.807, 2.05) is 0 Å². The topological polar surface area (TPSA) is 71.9 Å². The molecule has 0 saturated carbocycles. The Balaban J connectivity index is 3.11. The van der Waals surface area contributed by atoms with Crippen LogP contribution < -0.4 is 11.2 Å². The largest absolute Gasteiger partial charge is 0.328 e. The lowest BCUT2D eigenvalue weighted by Gasteiger charge is -2.01. The fourth-order valence-corrected chi connectivity index (χ4v) is 0.902. The maximum atomic E-state index is 12.7. The summed E-state index contributed by atoms with van der Waals surface area (Å²) in [6, 6.07) is 0. The average Bonchev–Trinajstić information content (AvgIpc) is 2.14. The summed E-state index contributed by atoms with van der Waals surface area (Å²) in [5, 5.41) is 0. The molecular weight excluding hydrogens is 191 g/mol. The van der Waals surface area contributed by atoms with E-state index >= 15 is 0 Å². The summed E-state index contributed by atoms with van der Waals surface area (Å²) in [4.78, 5) is 34.4. The Morgan fingerprint density at radius 1 is 1.57 bits per heavy atom. The first kappa shape index (κ1) is 10.4. The van der Waals surface area contributed by atoms with Crippen molar-refractivity contribution in [3.63, 3.8) is 0 Å². The van der Waals surface area contributed by atoms with Gasteiger partial charge in [-0.25, -0.2) is 4.79 Å². The summed E-state index contributed by atoms with van der Waals surface area (Å²) >= 11 is 0. The molecule has 0 bridgehead atoms. The van der Waals surface area contributed by atoms with Crippen LogP contribution in [0.1, 0.15) is 13.3 Å². The molecule has 76 valence electrons. The Kier molecular flexibility index (Phi) is 2.95. The maximum Gasteiger partial charge on any atom is 0.328 e. The highest BCUT2D eigenvalue weighted by atomic mass is 19.1. The van der Waals surface area contributed by atoms with Crippen LogP contribution in [0, 0.1) is 5.82 Å². The van der Waals surface area contributed by atoms with Crippen molar-refractivity contribution in [2.24, 2.45) is 0 Å². The van der Waals surface area contributed by atoms with Crippen LogP contribution in [0.15, 0.2) is 15.8 Å². The number of hydrogen-bond donors (Lipinski definition) is 1. The molecule has 0 aromatic carbocycles. The number of Topliss-reactive ketones (excluding diaryl/α,β-unsaturated/α-hetero) is 1. The fraction of sp³-hybridized carbons (Fsp3) is 0.375. The van der Waals surface area contributed by atoms with E-state index in [1.54, 1.807) is 11.9 Å². The van der Waals surface area contributed by atoms with E-state index in [9.17, 15) is 18.8 Å². The van der Waals surface area contributed by atoms with Gasteiger partial charge in [-0.2, -0.15) is 4.39 Å². The van der Waals surface area contributed by atoms with Gasteiger partial charge in [0.15, 0.2) is 5.78 Å². The summed E-state index contributed by atoms with van der Waals surface area (Å²) < 4.78 is 13.5. The zero-order valence-corrected chi connectivity index (χ0v) is 7.54. The number of hydrogen-bond acceptors (Lipinski definition) is 3. The number of H-pyrrole nitrogens is 1. The second kappa shape index (κ2) is 3.99. The number of carbonyl (C=O) groups excluding carboxylic acids is 1. The van der Waals surface area contributed by atoms with E-state index in [0.29, 0.717) is 0 Å². The Labute approximate surface area is 78.2 Å². The number of ketones is 1. The standard InChI is InChI=1S/C8H9FN2O3/c1-2-5(12)3-11-4-6(9)7(13)10-8(11)14/h4H,2-3H2,1H3,(H,10,13,14). The minimum absolute atomic E-state index is 0.210. The average molecular weight is 200 g/mol. The van der Waals surface area contributed by atoms with Gasteiger partial charge in [-0.15, -0.1) is 0 Å². The monoisotopic (exact) mass is 200 g/mol. The molecular formula is C8H9FN2O3. The van der Waals surface area contributed by atoms with Gasteiger partial charge in [0.2, 0.25) is 5.82 Å². The van der Waals surface area contributed by atoms with Crippen LogP contribution in [-0.4, -0.2) is 15.3 Å². The van der Waals surface area contributed by atoms with Crippen LogP contribution >= 0.6 is 0 Å². The van der Waals surface area contributed by atoms with Crippen molar-refractivity contribution < 1.29 is 9.18 Å². The quantitative estimate of drug-likeness (QED) is 0.725. The van der Waals surface area contributed by atoms with E-state index in [2.05, 4.69) is 0 Å². The summed E-state index contributed by atoms with van der Waals surface area (Å²) in [6.07, 6.45) is 0.988. The van der Waals surface area contributed by atoms with Crippen molar-refractivity contribution >= 4 is 5.78 Å². The minimum atomic E-state index is -1.08. The second-order valence-electron chi connectivity index (χ2n) is 2.76. The van der Waals surface area contributed by atoms with Gasteiger partial charge in [-0.1, -0.05) is 6.92 Å². The van der Waals surface area contributed by atoms with Gasteiger partial charge in [-0.05, 0) is 0 Å². The Morgan fingerprint density at radius 3 is 2.79 bits per heavy atom. The Hall–Kier alpha value is -1.72. The van der Waals surface area contributed by atoms with Crippen LogP contribution in [-0.2, 0) is 11.3 Å². The van der Waals surface area contributed by atoms with E-state index in [4.69, 9.17) is 0 Å². The summed E-state index contributed by atoms with van der Waals surface area (Å²) in [6.45, 7) is 1.42. The van der Waals surface area contributed by atoms with Crippen LogP contribution in [0.4, 0.5) is 4.39 Å². The molecule has 1 rings (SSSR count). The van der Waals surface area contributed by atoms with E-state index in [-0.39, 0.29) is 18.7 Å². The molecule has 1 aromatic rings. The molecule has 0 aliphatic carbocycles. The molecule has 1 N–H and O–H groups in total. The van der Waals surface area contributed by atoms with Crippen molar-refractivity contribution in [2.45, 2.75) is 19.9 Å². The van der Waals surface area contributed by atoms with Crippen molar-refractivity contribution in [2.75, 3.05) is 0 Å². The molecule has 0 atom stereocenters. The lowest BCUT2D eigenvalue weighted by molar-refractivity contribution is -0.119. The number of carbonyl (C=O) groups is 1. The maximum absolute atomic E-state index is 12.7. The highest BCUT2D eigenvalue weighted by Crippen LogP contribution is 1.88. The molecule has 0 radical (unpaired) electrons. The van der Waals surface area contributed by atoms with Gasteiger partial charge >= 0.3 is 5.69 Å². The number of halogens is 1. The normalized spacial score (nSPS) is 10.1. The van der Waals surface area contributed by atoms with Gasteiger partial charge in [-0.3, -0.25) is 19.1 Å². The lowest BCUT2D eigenvalue weighted by atomic mass is 10.3. The van der Waals surface area contributed by atoms with Crippen molar-refractivity contribution in [3.8, 4) is 0 Å². The van der Waals surface area contributed by atoms with Gasteiger partial charge < -0.3 is 0 Å². The summed E-state index contributed by atoms with van der Waals surface area (Å²) in [5.41, 5.74) is -1.85. The first-order valence-corrected chi connectivity index (χ1v) is 4.05. The third-order valence-corrected chi connectivity index (χ3v) is 1.71. The highest BCUT2D eigenvalue weighted by molar-refractivity contribution is 5.77. The molecule has 0 fully saturated rings. The molecule has 0 amide bonds. The fourth-order valence-electron chi connectivity index (χ4n) is 0.902. The molecule has 1 heterocycles. The number of aromatic amines is 1. The molecule has 0 spiro atoms. The van der Waals surface area contributed by atoms with Crippen molar-refractivity contribution in [1.82, 2.24) is 9.55 Å². The van der Waals surface area contributed by atoms with Gasteiger partial charge in [0.1, 0.15) is 0 Å². The SMILES string of the molecule is CCC(=O)Cn1cc(F)c(=O)[nH]c1=O. The van der Waals surface area contributed by atoms with Crippen LogP contribution in [0.25, 0.3) is 0 Å².